The Bertz CT molecular complexity index is 1060. The van der Waals surface area contributed by atoms with Crippen LogP contribution in [0.3, 0.4) is 0 Å². The van der Waals surface area contributed by atoms with E-state index in [1.54, 1.807) is 24.3 Å². The van der Waals surface area contributed by atoms with Gasteiger partial charge in [0.15, 0.2) is 5.11 Å². The van der Waals surface area contributed by atoms with Gasteiger partial charge in [-0.3, -0.25) is 10.1 Å². The smallest absolute Gasteiger partial charge is 0.257 e. The van der Waals surface area contributed by atoms with Gasteiger partial charge in [-0.2, -0.15) is 4.31 Å². The maximum absolute atomic E-state index is 12.4. The van der Waals surface area contributed by atoms with E-state index >= 15 is 0 Å². The second kappa shape index (κ2) is 11.0. The first kappa shape index (κ1) is 24.9. The van der Waals surface area contributed by atoms with Gasteiger partial charge in [0.2, 0.25) is 10.0 Å². The number of benzene rings is 2. The van der Waals surface area contributed by atoms with Crippen LogP contribution in [-0.4, -0.2) is 62.8 Å². The third-order valence-corrected chi connectivity index (χ3v) is 6.63. The molecule has 33 heavy (non-hydrogen) atoms. The van der Waals surface area contributed by atoms with Crippen molar-refractivity contribution in [2.45, 2.75) is 13.8 Å². The number of anilines is 2. The van der Waals surface area contributed by atoms with Crippen molar-refractivity contribution in [3.8, 4) is 5.75 Å². The van der Waals surface area contributed by atoms with Crippen molar-refractivity contribution < 1.29 is 17.9 Å². The Hall–Kier alpha value is -2.69. The van der Waals surface area contributed by atoms with E-state index in [4.69, 9.17) is 17.0 Å². The van der Waals surface area contributed by atoms with Gasteiger partial charge in [0.05, 0.1) is 12.9 Å². The Labute approximate surface area is 201 Å². The molecule has 0 bridgehead atoms. The largest absolute Gasteiger partial charge is 0.493 e. The Kier molecular flexibility index (Phi) is 8.28. The SMILES string of the molecule is CC(C)COc1ccc(C(=O)NC(=S)Nc2ccc(N3CCN(S(C)(=O)=O)CC3)cc2)cc1. The molecule has 0 spiro atoms. The zero-order valence-corrected chi connectivity index (χ0v) is 20.7. The molecule has 1 aliphatic rings. The lowest BCUT2D eigenvalue weighted by Gasteiger charge is -2.34. The number of nitrogens with zero attached hydrogens (tertiary/aromatic N) is 2. The van der Waals surface area contributed by atoms with Crippen molar-refractivity contribution in [3.05, 3.63) is 54.1 Å². The molecule has 2 N–H and O–H groups in total. The van der Waals surface area contributed by atoms with E-state index in [1.165, 1.54) is 10.6 Å². The van der Waals surface area contributed by atoms with Gasteiger partial charge in [-0.15, -0.1) is 0 Å². The zero-order chi connectivity index (χ0) is 24.0. The summed E-state index contributed by atoms with van der Waals surface area (Å²) in [4.78, 5) is 14.6. The first-order chi connectivity index (χ1) is 15.6. The summed E-state index contributed by atoms with van der Waals surface area (Å²) in [6.07, 6.45) is 1.24. The molecule has 1 amide bonds. The number of rotatable bonds is 7. The predicted octanol–water partition coefficient (Wildman–Crippen LogP) is 2.93. The fraction of sp³-hybridized carbons (Fsp3) is 0.391. The minimum atomic E-state index is -3.15. The summed E-state index contributed by atoms with van der Waals surface area (Å²) in [5.41, 5.74) is 2.24. The zero-order valence-electron chi connectivity index (χ0n) is 19.1. The molecule has 178 valence electrons. The molecule has 1 fully saturated rings. The monoisotopic (exact) mass is 490 g/mol. The number of thiocarbonyl (C=S) groups is 1. The molecule has 0 unspecified atom stereocenters. The van der Waals surface area contributed by atoms with E-state index in [2.05, 4.69) is 29.4 Å². The van der Waals surface area contributed by atoms with E-state index in [-0.39, 0.29) is 11.0 Å². The normalized spacial score (nSPS) is 14.7. The first-order valence-electron chi connectivity index (χ1n) is 10.8. The molecule has 0 aliphatic carbocycles. The molecule has 1 aliphatic heterocycles. The Morgan fingerprint density at radius 3 is 2.18 bits per heavy atom. The maximum Gasteiger partial charge on any atom is 0.257 e. The van der Waals surface area contributed by atoms with Crippen LogP contribution in [0.1, 0.15) is 24.2 Å². The van der Waals surface area contributed by atoms with Crippen LogP contribution in [0.25, 0.3) is 0 Å². The number of hydrogen-bond acceptors (Lipinski definition) is 6. The van der Waals surface area contributed by atoms with E-state index in [0.717, 1.165) is 17.1 Å². The lowest BCUT2D eigenvalue weighted by atomic mass is 10.2. The Morgan fingerprint density at radius 2 is 1.64 bits per heavy atom. The van der Waals surface area contributed by atoms with Crippen molar-refractivity contribution in [2.75, 3.05) is 49.3 Å². The molecule has 3 rings (SSSR count). The van der Waals surface area contributed by atoms with Gasteiger partial charge in [-0.25, -0.2) is 8.42 Å². The van der Waals surface area contributed by atoms with E-state index in [1.807, 2.05) is 24.3 Å². The Balaban J connectivity index is 1.49. The molecule has 8 nitrogen and oxygen atoms in total. The highest BCUT2D eigenvalue weighted by Crippen LogP contribution is 2.20. The number of ether oxygens (including phenoxy) is 1. The van der Waals surface area contributed by atoms with Crippen LogP contribution in [0.15, 0.2) is 48.5 Å². The maximum atomic E-state index is 12.4. The second-order valence-corrected chi connectivity index (χ2v) is 10.7. The molecule has 1 heterocycles. The van der Waals surface area contributed by atoms with Crippen molar-refractivity contribution in [2.24, 2.45) is 5.92 Å². The number of carbonyl (C=O) groups is 1. The summed E-state index contributed by atoms with van der Waals surface area (Å²) in [5.74, 6) is 0.845. The highest BCUT2D eigenvalue weighted by Gasteiger charge is 2.23. The lowest BCUT2D eigenvalue weighted by molar-refractivity contribution is 0.0977. The van der Waals surface area contributed by atoms with Gasteiger partial charge < -0.3 is 15.0 Å². The molecule has 0 aromatic heterocycles. The average molecular weight is 491 g/mol. The van der Waals surface area contributed by atoms with E-state index in [0.29, 0.717) is 44.3 Å². The van der Waals surface area contributed by atoms with Crippen LogP contribution >= 0.6 is 12.2 Å². The fourth-order valence-corrected chi connectivity index (χ4v) is 4.37. The summed E-state index contributed by atoms with van der Waals surface area (Å²) < 4.78 is 30.4. The standard InChI is InChI=1S/C23H30N4O4S2/c1-17(2)16-31-21-10-4-18(5-11-21)22(28)25-23(32)24-19-6-8-20(9-7-19)26-12-14-27(15-13-26)33(3,29)30/h4-11,17H,12-16H2,1-3H3,(H2,24,25,28,32). The summed E-state index contributed by atoms with van der Waals surface area (Å²) in [7, 11) is -3.15. The number of hydrogen-bond donors (Lipinski definition) is 2. The third-order valence-electron chi connectivity index (χ3n) is 5.12. The first-order valence-corrected chi connectivity index (χ1v) is 13.0. The summed E-state index contributed by atoms with van der Waals surface area (Å²) >= 11 is 5.27. The summed E-state index contributed by atoms with van der Waals surface area (Å²) in [6, 6.07) is 14.6. The average Bonchev–Trinajstić information content (AvgIpc) is 2.78. The van der Waals surface area contributed by atoms with Crippen molar-refractivity contribution >= 4 is 44.6 Å². The molecule has 0 atom stereocenters. The Morgan fingerprint density at radius 1 is 1.03 bits per heavy atom. The van der Waals surface area contributed by atoms with Crippen LogP contribution in [-0.2, 0) is 10.0 Å². The highest BCUT2D eigenvalue weighted by atomic mass is 32.2. The number of amides is 1. The van der Waals surface area contributed by atoms with Gasteiger partial charge in [-0.05, 0) is 66.7 Å². The topological polar surface area (TPSA) is 91.0 Å². The number of carbonyl (C=O) groups excluding carboxylic acids is 1. The van der Waals surface area contributed by atoms with Gasteiger partial charge in [-0.1, -0.05) is 13.8 Å². The van der Waals surface area contributed by atoms with Crippen molar-refractivity contribution in [3.63, 3.8) is 0 Å². The lowest BCUT2D eigenvalue weighted by Crippen LogP contribution is -2.48. The van der Waals surface area contributed by atoms with Crippen LogP contribution in [0.4, 0.5) is 11.4 Å². The molecule has 2 aromatic carbocycles. The van der Waals surface area contributed by atoms with Crippen LogP contribution in [0.2, 0.25) is 0 Å². The molecule has 2 aromatic rings. The van der Waals surface area contributed by atoms with Crippen LogP contribution < -0.4 is 20.3 Å². The fourth-order valence-electron chi connectivity index (χ4n) is 3.34. The third kappa shape index (κ3) is 7.41. The minimum Gasteiger partial charge on any atom is -0.493 e. The summed E-state index contributed by atoms with van der Waals surface area (Å²) in [6.45, 7) is 6.98. The highest BCUT2D eigenvalue weighted by molar-refractivity contribution is 7.88. The molecular weight excluding hydrogens is 460 g/mol. The van der Waals surface area contributed by atoms with E-state index < -0.39 is 10.0 Å². The van der Waals surface area contributed by atoms with Crippen LogP contribution in [0.5, 0.6) is 5.75 Å². The van der Waals surface area contributed by atoms with Crippen molar-refractivity contribution in [1.29, 1.82) is 0 Å². The summed E-state index contributed by atoms with van der Waals surface area (Å²) in [5, 5.41) is 5.90. The number of nitrogens with one attached hydrogen (secondary N) is 2. The number of piperazine rings is 1. The van der Waals surface area contributed by atoms with Gasteiger partial charge in [0.1, 0.15) is 5.75 Å². The number of sulfonamides is 1. The van der Waals surface area contributed by atoms with Gasteiger partial charge >= 0.3 is 0 Å². The molecule has 0 saturated carbocycles. The minimum absolute atomic E-state index is 0.203. The van der Waals surface area contributed by atoms with E-state index in [9.17, 15) is 13.2 Å². The predicted molar refractivity (Wildman–Crippen MR) is 136 cm³/mol. The van der Waals surface area contributed by atoms with Gasteiger partial charge in [0, 0.05) is 43.1 Å². The second-order valence-electron chi connectivity index (χ2n) is 8.33. The molecule has 1 saturated heterocycles. The molecular formula is C23H30N4O4S2. The van der Waals surface area contributed by atoms with Crippen molar-refractivity contribution in [1.82, 2.24) is 9.62 Å². The quantitative estimate of drug-likeness (QED) is 0.577. The van der Waals surface area contributed by atoms with Crippen LogP contribution in [0, 0.1) is 5.92 Å². The molecule has 0 radical (unpaired) electrons. The molecule has 10 heteroatoms. The van der Waals surface area contributed by atoms with Gasteiger partial charge in [0.25, 0.3) is 5.91 Å².